The number of nitrogens with zero attached hydrogens (tertiary/aromatic N) is 3. The molecule has 0 bridgehead atoms. The smallest absolute Gasteiger partial charge is 0.231 e. The van der Waals surface area contributed by atoms with E-state index in [1.54, 1.807) is 6.20 Å². The fourth-order valence-electron chi connectivity index (χ4n) is 3.28. The molecule has 0 saturated heterocycles. The van der Waals surface area contributed by atoms with Gasteiger partial charge in [0, 0.05) is 36.7 Å². The first-order valence-electron chi connectivity index (χ1n) is 9.02. The zero-order valence-electron chi connectivity index (χ0n) is 15.1. The lowest BCUT2D eigenvalue weighted by Gasteiger charge is -2.29. The second-order valence-electron chi connectivity index (χ2n) is 6.51. The van der Waals surface area contributed by atoms with Crippen LogP contribution in [0.15, 0.2) is 60.8 Å². The maximum absolute atomic E-state index is 11.1. The summed E-state index contributed by atoms with van der Waals surface area (Å²) in [6.45, 7) is 2.40. The van der Waals surface area contributed by atoms with Gasteiger partial charge in [0.15, 0.2) is 0 Å². The van der Waals surface area contributed by atoms with E-state index in [0.717, 1.165) is 36.6 Å². The number of rotatable bonds is 4. The molecule has 136 valence electrons. The Kier molecular flexibility index (Phi) is 4.70. The Morgan fingerprint density at radius 1 is 1.04 bits per heavy atom. The molecule has 0 fully saturated rings. The Morgan fingerprint density at radius 2 is 1.81 bits per heavy atom. The van der Waals surface area contributed by atoms with Gasteiger partial charge in [0.1, 0.15) is 5.82 Å². The lowest BCUT2D eigenvalue weighted by Crippen LogP contribution is -2.26. The summed E-state index contributed by atoms with van der Waals surface area (Å²) in [5, 5.41) is 6.06. The lowest BCUT2D eigenvalue weighted by molar-refractivity contribution is -0.114. The molecule has 1 aliphatic rings. The van der Waals surface area contributed by atoms with Crippen LogP contribution in [-0.4, -0.2) is 22.4 Å². The van der Waals surface area contributed by atoms with Crippen LogP contribution >= 0.6 is 0 Å². The number of hydrogen-bond donors (Lipinski definition) is 2. The van der Waals surface area contributed by atoms with Crippen molar-refractivity contribution < 1.29 is 4.79 Å². The van der Waals surface area contributed by atoms with Crippen LogP contribution in [0.25, 0.3) is 0 Å². The highest BCUT2D eigenvalue weighted by Crippen LogP contribution is 2.31. The molecular formula is C21H21N5O. The second kappa shape index (κ2) is 7.45. The average Bonchev–Trinajstić information content (AvgIpc) is 2.69. The van der Waals surface area contributed by atoms with Gasteiger partial charge in [0.2, 0.25) is 11.9 Å². The topological polar surface area (TPSA) is 70.2 Å². The minimum Gasteiger partial charge on any atom is -0.340 e. The monoisotopic (exact) mass is 359 g/mol. The van der Waals surface area contributed by atoms with E-state index >= 15 is 0 Å². The summed E-state index contributed by atoms with van der Waals surface area (Å²) >= 11 is 0. The number of anilines is 5. The SMILES string of the molecule is CC(=O)Nc1ccc(Nc2ccnc(N3CCCc4ccccc43)n2)cc1. The number of nitrogens with one attached hydrogen (secondary N) is 2. The highest BCUT2D eigenvalue weighted by molar-refractivity contribution is 5.88. The van der Waals surface area contributed by atoms with Gasteiger partial charge in [-0.2, -0.15) is 4.98 Å². The number of carbonyl (C=O) groups excluding carboxylic acids is 1. The van der Waals surface area contributed by atoms with E-state index in [1.165, 1.54) is 18.2 Å². The maximum atomic E-state index is 11.1. The molecule has 1 aliphatic heterocycles. The van der Waals surface area contributed by atoms with Crippen LogP contribution in [0.5, 0.6) is 0 Å². The van der Waals surface area contributed by atoms with Crippen LogP contribution < -0.4 is 15.5 Å². The largest absolute Gasteiger partial charge is 0.340 e. The quantitative estimate of drug-likeness (QED) is 0.728. The first kappa shape index (κ1) is 17.0. The predicted molar refractivity (Wildman–Crippen MR) is 108 cm³/mol. The molecular weight excluding hydrogens is 338 g/mol. The maximum Gasteiger partial charge on any atom is 0.231 e. The number of fused-ring (bicyclic) bond motifs is 1. The van der Waals surface area contributed by atoms with Gasteiger partial charge in [-0.25, -0.2) is 4.98 Å². The third kappa shape index (κ3) is 3.89. The van der Waals surface area contributed by atoms with E-state index in [1.807, 2.05) is 30.3 Å². The van der Waals surface area contributed by atoms with Gasteiger partial charge in [-0.05, 0) is 54.8 Å². The van der Waals surface area contributed by atoms with Crippen molar-refractivity contribution in [3.63, 3.8) is 0 Å². The second-order valence-corrected chi connectivity index (χ2v) is 6.51. The molecule has 3 aromatic rings. The molecule has 0 spiro atoms. The normalized spacial score (nSPS) is 13.0. The third-order valence-electron chi connectivity index (χ3n) is 4.47. The summed E-state index contributed by atoms with van der Waals surface area (Å²) in [6, 6.07) is 17.8. The van der Waals surface area contributed by atoms with E-state index in [0.29, 0.717) is 5.95 Å². The van der Waals surface area contributed by atoms with Crippen molar-refractivity contribution >= 4 is 34.7 Å². The zero-order valence-corrected chi connectivity index (χ0v) is 15.1. The van der Waals surface area contributed by atoms with Crippen molar-refractivity contribution in [3.8, 4) is 0 Å². The van der Waals surface area contributed by atoms with Crippen molar-refractivity contribution in [2.24, 2.45) is 0 Å². The van der Waals surface area contributed by atoms with Crippen LogP contribution in [0.2, 0.25) is 0 Å². The van der Waals surface area contributed by atoms with Gasteiger partial charge in [-0.1, -0.05) is 18.2 Å². The molecule has 4 rings (SSSR count). The van der Waals surface area contributed by atoms with Gasteiger partial charge in [-0.3, -0.25) is 4.79 Å². The molecule has 0 atom stereocenters. The number of aryl methyl sites for hydroxylation is 1. The molecule has 2 aromatic carbocycles. The Bertz CT molecular complexity index is 955. The minimum absolute atomic E-state index is 0.0852. The lowest BCUT2D eigenvalue weighted by atomic mass is 10.0. The van der Waals surface area contributed by atoms with Crippen LogP contribution in [0, 0.1) is 0 Å². The first-order valence-corrected chi connectivity index (χ1v) is 9.02. The number of benzene rings is 2. The van der Waals surface area contributed by atoms with Crippen molar-refractivity contribution in [1.82, 2.24) is 9.97 Å². The van der Waals surface area contributed by atoms with Gasteiger partial charge >= 0.3 is 0 Å². The predicted octanol–water partition coefficient (Wildman–Crippen LogP) is 4.26. The highest BCUT2D eigenvalue weighted by atomic mass is 16.1. The molecule has 0 saturated carbocycles. The number of para-hydroxylation sites is 1. The van der Waals surface area contributed by atoms with Gasteiger partial charge in [0.25, 0.3) is 0 Å². The summed E-state index contributed by atoms with van der Waals surface area (Å²) in [5.41, 5.74) is 4.17. The van der Waals surface area contributed by atoms with Crippen molar-refractivity contribution in [3.05, 3.63) is 66.4 Å². The summed E-state index contributed by atoms with van der Waals surface area (Å²) in [6.07, 6.45) is 3.95. The van der Waals surface area contributed by atoms with Crippen LogP contribution in [0.1, 0.15) is 18.9 Å². The minimum atomic E-state index is -0.0852. The van der Waals surface area contributed by atoms with Crippen molar-refractivity contribution in [2.75, 3.05) is 22.1 Å². The first-order chi connectivity index (χ1) is 13.2. The molecule has 2 heterocycles. The number of aromatic nitrogens is 2. The van der Waals surface area contributed by atoms with Crippen molar-refractivity contribution in [2.45, 2.75) is 19.8 Å². The Labute approximate surface area is 158 Å². The molecule has 0 aliphatic carbocycles. The Hall–Kier alpha value is -3.41. The molecule has 0 radical (unpaired) electrons. The third-order valence-corrected chi connectivity index (χ3v) is 4.47. The van der Waals surface area contributed by atoms with E-state index in [2.05, 4.69) is 44.8 Å². The van der Waals surface area contributed by atoms with E-state index < -0.39 is 0 Å². The fraction of sp³-hybridized carbons (Fsp3) is 0.190. The van der Waals surface area contributed by atoms with Crippen LogP contribution in [-0.2, 0) is 11.2 Å². The molecule has 2 N–H and O–H groups in total. The molecule has 27 heavy (non-hydrogen) atoms. The molecule has 1 amide bonds. The van der Waals surface area contributed by atoms with E-state index in [9.17, 15) is 4.79 Å². The summed E-state index contributed by atoms with van der Waals surface area (Å²) < 4.78 is 0. The summed E-state index contributed by atoms with van der Waals surface area (Å²) in [4.78, 5) is 22.5. The standard InChI is InChI=1S/C21H21N5O/c1-15(27)23-17-8-10-18(11-9-17)24-20-12-13-22-21(25-20)26-14-4-6-16-5-2-3-7-19(16)26/h2-3,5,7-13H,4,6,14H2,1H3,(H,23,27)(H,22,24,25). The Morgan fingerprint density at radius 3 is 2.63 bits per heavy atom. The fourth-order valence-corrected chi connectivity index (χ4v) is 3.28. The average molecular weight is 359 g/mol. The van der Waals surface area contributed by atoms with E-state index in [-0.39, 0.29) is 5.91 Å². The Balaban J connectivity index is 1.54. The summed E-state index contributed by atoms with van der Waals surface area (Å²) in [7, 11) is 0. The summed E-state index contributed by atoms with van der Waals surface area (Å²) in [5.74, 6) is 1.34. The van der Waals surface area contributed by atoms with Gasteiger partial charge in [-0.15, -0.1) is 0 Å². The molecule has 6 heteroatoms. The number of hydrogen-bond acceptors (Lipinski definition) is 5. The van der Waals surface area contributed by atoms with Crippen molar-refractivity contribution in [1.29, 1.82) is 0 Å². The zero-order chi connectivity index (χ0) is 18.6. The molecule has 6 nitrogen and oxygen atoms in total. The number of carbonyl (C=O) groups is 1. The van der Waals surface area contributed by atoms with Gasteiger partial charge < -0.3 is 15.5 Å². The molecule has 0 unspecified atom stereocenters. The number of amides is 1. The van der Waals surface area contributed by atoms with E-state index in [4.69, 9.17) is 4.98 Å². The van der Waals surface area contributed by atoms with Gasteiger partial charge in [0.05, 0.1) is 0 Å². The molecule has 1 aromatic heterocycles. The highest BCUT2D eigenvalue weighted by Gasteiger charge is 2.19. The van der Waals surface area contributed by atoms with Crippen LogP contribution in [0.4, 0.5) is 28.8 Å². The van der Waals surface area contributed by atoms with Crippen LogP contribution in [0.3, 0.4) is 0 Å².